The van der Waals surface area contributed by atoms with Gasteiger partial charge in [-0.3, -0.25) is 4.57 Å². The Morgan fingerprint density at radius 3 is 2.54 bits per heavy atom. The second kappa shape index (κ2) is 7.80. The molecule has 1 saturated carbocycles. The molecule has 1 N–H and O–H groups in total. The van der Waals surface area contributed by atoms with E-state index in [1.807, 2.05) is 24.3 Å². The Morgan fingerprint density at radius 1 is 0.929 bits per heavy atom. The van der Waals surface area contributed by atoms with Gasteiger partial charge in [-0.1, -0.05) is 73.5 Å². The summed E-state index contributed by atoms with van der Waals surface area (Å²) in [6.07, 6.45) is 6.31. The van der Waals surface area contributed by atoms with Gasteiger partial charge < -0.3 is 4.98 Å². The minimum absolute atomic E-state index is 0.483. The Morgan fingerprint density at radius 2 is 1.71 bits per heavy atom. The van der Waals surface area contributed by atoms with Crippen LogP contribution in [0, 0.1) is 0 Å². The first-order valence-electron chi connectivity index (χ1n) is 9.95. The van der Waals surface area contributed by atoms with Crippen LogP contribution in [0.2, 0.25) is 0 Å². The van der Waals surface area contributed by atoms with E-state index in [9.17, 15) is 0 Å². The third-order valence-corrected chi connectivity index (χ3v) is 6.37. The lowest BCUT2D eigenvalue weighted by molar-refractivity contribution is 0.339. The molecule has 1 aliphatic carbocycles. The van der Waals surface area contributed by atoms with Gasteiger partial charge in [0.1, 0.15) is 5.82 Å². The highest BCUT2D eigenvalue weighted by molar-refractivity contribution is 7.98. The lowest BCUT2D eigenvalue weighted by Gasteiger charge is -2.25. The number of imidazole rings is 1. The molecule has 142 valence electrons. The SMILES string of the molecule is c1ccc(-c2nnc(SCc3nc4ccccc4[nH]3)n2C2CCCCC2)cc1. The van der Waals surface area contributed by atoms with Gasteiger partial charge in [0.15, 0.2) is 11.0 Å². The topological polar surface area (TPSA) is 59.4 Å². The molecule has 1 aliphatic rings. The van der Waals surface area contributed by atoms with E-state index in [1.54, 1.807) is 11.8 Å². The molecule has 0 radical (unpaired) electrons. The van der Waals surface area contributed by atoms with Crippen molar-refractivity contribution in [1.29, 1.82) is 0 Å². The minimum atomic E-state index is 0.483. The normalized spacial score (nSPS) is 15.3. The van der Waals surface area contributed by atoms with Crippen molar-refractivity contribution in [3.8, 4) is 11.4 Å². The zero-order chi connectivity index (χ0) is 18.8. The molecule has 28 heavy (non-hydrogen) atoms. The van der Waals surface area contributed by atoms with E-state index in [4.69, 9.17) is 4.98 Å². The molecule has 2 aromatic heterocycles. The summed E-state index contributed by atoms with van der Waals surface area (Å²) in [5.41, 5.74) is 3.23. The summed E-state index contributed by atoms with van der Waals surface area (Å²) in [6, 6.07) is 19.1. The maximum Gasteiger partial charge on any atom is 0.192 e. The number of thioether (sulfide) groups is 1. The van der Waals surface area contributed by atoms with Crippen LogP contribution in [0.5, 0.6) is 0 Å². The number of hydrogen-bond acceptors (Lipinski definition) is 4. The number of hydrogen-bond donors (Lipinski definition) is 1. The monoisotopic (exact) mass is 389 g/mol. The van der Waals surface area contributed by atoms with Crippen LogP contribution < -0.4 is 0 Å². The van der Waals surface area contributed by atoms with E-state index in [-0.39, 0.29) is 0 Å². The number of aromatic nitrogens is 5. The average Bonchev–Trinajstić information content (AvgIpc) is 3.37. The van der Waals surface area contributed by atoms with E-state index < -0.39 is 0 Å². The average molecular weight is 390 g/mol. The molecule has 4 aromatic rings. The van der Waals surface area contributed by atoms with Crippen LogP contribution >= 0.6 is 11.8 Å². The van der Waals surface area contributed by atoms with E-state index in [2.05, 4.69) is 50.1 Å². The highest BCUT2D eigenvalue weighted by Gasteiger charge is 2.24. The highest BCUT2D eigenvalue weighted by Crippen LogP contribution is 2.36. The Kier molecular flexibility index (Phi) is 4.87. The molecule has 0 spiro atoms. The molecule has 0 amide bonds. The smallest absolute Gasteiger partial charge is 0.192 e. The molecular formula is C22H23N5S. The lowest BCUT2D eigenvalue weighted by Crippen LogP contribution is -2.15. The molecule has 0 atom stereocenters. The van der Waals surface area contributed by atoms with Crippen LogP contribution in [-0.2, 0) is 5.75 Å². The first-order valence-corrected chi connectivity index (χ1v) is 10.9. The van der Waals surface area contributed by atoms with Crippen molar-refractivity contribution in [3.05, 3.63) is 60.4 Å². The van der Waals surface area contributed by atoms with Crippen LogP contribution in [0.25, 0.3) is 22.4 Å². The van der Waals surface area contributed by atoms with Crippen LogP contribution in [0.1, 0.15) is 44.0 Å². The van der Waals surface area contributed by atoms with E-state index in [0.29, 0.717) is 6.04 Å². The van der Waals surface area contributed by atoms with Crippen molar-refractivity contribution in [2.45, 2.75) is 49.1 Å². The van der Waals surface area contributed by atoms with Crippen molar-refractivity contribution < 1.29 is 0 Å². The first-order chi connectivity index (χ1) is 13.9. The fourth-order valence-corrected chi connectivity index (χ4v) is 4.91. The van der Waals surface area contributed by atoms with Crippen molar-refractivity contribution in [1.82, 2.24) is 24.7 Å². The summed E-state index contributed by atoms with van der Waals surface area (Å²) >= 11 is 1.72. The van der Waals surface area contributed by atoms with Crippen LogP contribution in [0.15, 0.2) is 59.8 Å². The standard InChI is InChI=1S/C22H23N5S/c1-3-9-16(10-4-1)21-25-26-22(27(21)17-11-5-2-6-12-17)28-15-20-23-18-13-7-8-14-19(18)24-20/h1,3-4,7-10,13-14,17H,2,5-6,11-12,15H2,(H,23,24). The molecule has 0 unspecified atom stereocenters. The number of nitrogens with zero attached hydrogens (tertiary/aromatic N) is 4. The van der Waals surface area contributed by atoms with Crippen molar-refractivity contribution in [2.75, 3.05) is 0 Å². The second-order valence-corrected chi connectivity index (χ2v) is 8.27. The predicted octanol–water partition coefficient (Wildman–Crippen LogP) is 5.62. The molecule has 2 aromatic carbocycles. The molecule has 5 rings (SSSR count). The molecular weight excluding hydrogens is 366 g/mol. The number of para-hydroxylation sites is 2. The Bertz CT molecular complexity index is 1030. The van der Waals surface area contributed by atoms with Crippen LogP contribution in [0.3, 0.4) is 0 Å². The van der Waals surface area contributed by atoms with Crippen molar-refractivity contribution in [3.63, 3.8) is 0 Å². The van der Waals surface area contributed by atoms with Gasteiger partial charge in [-0.05, 0) is 25.0 Å². The van der Waals surface area contributed by atoms with E-state index in [1.165, 1.54) is 32.1 Å². The molecule has 0 bridgehead atoms. The second-order valence-electron chi connectivity index (χ2n) is 7.32. The summed E-state index contributed by atoms with van der Waals surface area (Å²) in [5, 5.41) is 10.1. The van der Waals surface area contributed by atoms with Crippen LogP contribution in [0.4, 0.5) is 0 Å². The number of rotatable bonds is 5. The van der Waals surface area contributed by atoms with Gasteiger partial charge in [0.2, 0.25) is 0 Å². The Hall–Kier alpha value is -2.60. The zero-order valence-corrected chi connectivity index (χ0v) is 16.5. The minimum Gasteiger partial charge on any atom is -0.341 e. The van der Waals surface area contributed by atoms with Crippen LogP contribution in [-0.4, -0.2) is 24.7 Å². The first kappa shape index (κ1) is 17.5. The molecule has 0 aliphatic heterocycles. The van der Waals surface area contributed by atoms with E-state index in [0.717, 1.165) is 39.2 Å². The van der Waals surface area contributed by atoms with Gasteiger partial charge in [-0.2, -0.15) is 0 Å². The molecule has 5 nitrogen and oxygen atoms in total. The predicted molar refractivity (Wildman–Crippen MR) is 113 cm³/mol. The Labute approximate surface area is 168 Å². The van der Waals surface area contributed by atoms with E-state index >= 15 is 0 Å². The summed E-state index contributed by atoms with van der Waals surface area (Å²) in [5.74, 6) is 2.72. The largest absolute Gasteiger partial charge is 0.341 e. The molecule has 0 saturated heterocycles. The molecule has 6 heteroatoms. The third kappa shape index (κ3) is 3.44. The lowest BCUT2D eigenvalue weighted by atomic mass is 9.95. The number of aromatic amines is 1. The quantitative estimate of drug-likeness (QED) is 0.450. The number of fused-ring (bicyclic) bond motifs is 1. The summed E-state index contributed by atoms with van der Waals surface area (Å²) in [6.45, 7) is 0. The highest BCUT2D eigenvalue weighted by atomic mass is 32.2. The van der Waals surface area contributed by atoms with Crippen molar-refractivity contribution >= 4 is 22.8 Å². The third-order valence-electron chi connectivity index (χ3n) is 5.41. The fourth-order valence-electron chi connectivity index (χ4n) is 4.03. The maximum absolute atomic E-state index is 4.70. The molecule has 1 fully saturated rings. The van der Waals surface area contributed by atoms with Gasteiger partial charge in [0.25, 0.3) is 0 Å². The number of benzene rings is 2. The maximum atomic E-state index is 4.70. The fraction of sp³-hybridized carbons (Fsp3) is 0.318. The number of H-pyrrole nitrogens is 1. The van der Waals surface area contributed by atoms with Gasteiger partial charge in [-0.15, -0.1) is 10.2 Å². The summed E-state index contributed by atoms with van der Waals surface area (Å²) in [7, 11) is 0. The van der Waals surface area contributed by atoms with Gasteiger partial charge in [-0.25, -0.2) is 4.98 Å². The zero-order valence-electron chi connectivity index (χ0n) is 15.7. The number of nitrogens with one attached hydrogen (secondary N) is 1. The summed E-state index contributed by atoms with van der Waals surface area (Å²) in [4.78, 5) is 8.12. The van der Waals surface area contributed by atoms with Gasteiger partial charge in [0.05, 0.1) is 16.8 Å². The molecule has 2 heterocycles. The van der Waals surface area contributed by atoms with Gasteiger partial charge >= 0.3 is 0 Å². The van der Waals surface area contributed by atoms with Gasteiger partial charge in [0, 0.05) is 11.6 Å². The van der Waals surface area contributed by atoms with Crippen molar-refractivity contribution in [2.24, 2.45) is 0 Å². The Balaban J connectivity index is 1.45. The summed E-state index contributed by atoms with van der Waals surface area (Å²) < 4.78 is 2.38.